The average Bonchev–Trinajstić information content (AvgIpc) is 3.17. The molecule has 1 atom stereocenters. The summed E-state index contributed by atoms with van der Waals surface area (Å²) in [5, 5.41) is 11.6. The lowest BCUT2D eigenvalue weighted by atomic mass is 10.1. The molecule has 2 aromatic rings. The highest BCUT2D eigenvalue weighted by Gasteiger charge is 2.37. The Balaban J connectivity index is 2.01. The van der Waals surface area contributed by atoms with Crippen LogP contribution in [0.2, 0.25) is 0 Å². The zero-order valence-electron chi connectivity index (χ0n) is 14.5. The van der Waals surface area contributed by atoms with Crippen molar-refractivity contribution < 1.29 is 22.2 Å². The molecule has 0 spiro atoms. The number of rotatable bonds is 2. The van der Waals surface area contributed by atoms with Crippen LogP contribution in [0.5, 0.6) is 0 Å². The largest absolute Gasteiger partial charge is 0.433 e. The number of hydrogen-bond donors (Lipinski definition) is 2. The van der Waals surface area contributed by atoms with Crippen molar-refractivity contribution in [3.05, 3.63) is 34.8 Å². The van der Waals surface area contributed by atoms with Gasteiger partial charge in [-0.2, -0.15) is 18.3 Å². The zero-order valence-corrected chi connectivity index (χ0v) is 15.3. The number of aryl methyl sites for hydroxylation is 2. The maximum absolute atomic E-state index is 13.3. The number of hydrogen-bond acceptors (Lipinski definition) is 4. The summed E-state index contributed by atoms with van der Waals surface area (Å²) in [6.45, 7) is 1.22. The lowest BCUT2D eigenvalue weighted by Gasteiger charge is -2.17. The summed E-state index contributed by atoms with van der Waals surface area (Å²) >= 11 is 0. The van der Waals surface area contributed by atoms with Crippen molar-refractivity contribution in [1.29, 1.82) is 0 Å². The van der Waals surface area contributed by atoms with Gasteiger partial charge in [-0.15, -0.1) is 4.36 Å². The summed E-state index contributed by atoms with van der Waals surface area (Å²) in [4.78, 5) is 16.0. The van der Waals surface area contributed by atoms with Gasteiger partial charge in [0.15, 0.2) is 14.9 Å². The van der Waals surface area contributed by atoms with Crippen molar-refractivity contribution in [2.45, 2.75) is 37.4 Å². The first kappa shape index (κ1) is 19.3. The van der Waals surface area contributed by atoms with Crippen molar-refractivity contribution in [3.8, 4) is 0 Å². The molecule has 0 radical (unpaired) electrons. The van der Waals surface area contributed by atoms with E-state index in [4.69, 9.17) is 5.14 Å². The summed E-state index contributed by atoms with van der Waals surface area (Å²) in [5.74, 6) is 0. The minimum Gasteiger partial charge on any atom is -0.305 e. The number of urea groups is 1. The number of anilines is 1. The maximum atomic E-state index is 13.3. The number of alkyl halides is 3. The SMILES string of the molecule is Cc1c(C(F)(F)F)nc2c(c1NC(=O)N=[S@](N)(=O)c1ccn(C)n1)CCC2. The molecule has 0 aromatic carbocycles. The first-order chi connectivity index (χ1) is 12.5. The van der Waals surface area contributed by atoms with Crippen LogP contribution in [0.4, 0.5) is 23.7 Å². The van der Waals surface area contributed by atoms with Gasteiger partial charge in [-0.3, -0.25) is 4.68 Å². The Kier molecular flexibility index (Phi) is 4.72. The van der Waals surface area contributed by atoms with Crippen LogP contribution in [0.3, 0.4) is 0 Å². The molecule has 0 bridgehead atoms. The molecular weight excluding hydrogens is 385 g/mol. The van der Waals surface area contributed by atoms with E-state index in [0.717, 1.165) is 0 Å². The number of nitrogens with two attached hydrogens (primary N) is 1. The lowest BCUT2D eigenvalue weighted by Crippen LogP contribution is -2.21. The van der Waals surface area contributed by atoms with Gasteiger partial charge in [0.05, 0.1) is 5.69 Å². The number of carbonyl (C=O) groups is 1. The molecule has 2 heterocycles. The number of aromatic nitrogens is 3. The number of halogens is 3. The summed E-state index contributed by atoms with van der Waals surface area (Å²) in [5.41, 5.74) is -0.452. The number of fused-ring (bicyclic) bond motifs is 1. The minimum atomic E-state index is -4.66. The molecule has 0 fully saturated rings. The topological polar surface area (TPSA) is 115 Å². The highest BCUT2D eigenvalue weighted by Crippen LogP contribution is 2.38. The molecule has 0 aliphatic heterocycles. The summed E-state index contributed by atoms with van der Waals surface area (Å²) < 4.78 is 57.0. The predicted molar refractivity (Wildman–Crippen MR) is 91.3 cm³/mol. The molecule has 3 N–H and O–H groups in total. The number of carbonyl (C=O) groups excluding carboxylic acids is 1. The third-order valence-corrected chi connectivity index (χ3v) is 5.43. The van der Waals surface area contributed by atoms with Crippen LogP contribution in [0.15, 0.2) is 21.7 Å². The molecule has 0 saturated heterocycles. The second-order valence-electron chi connectivity index (χ2n) is 6.15. The summed E-state index contributed by atoms with van der Waals surface area (Å²) in [7, 11) is -2.06. The molecule has 1 aliphatic carbocycles. The van der Waals surface area contributed by atoms with Crippen molar-refractivity contribution in [1.82, 2.24) is 14.8 Å². The molecule has 12 heteroatoms. The van der Waals surface area contributed by atoms with Crippen molar-refractivity contribution in [2.24, 2.45) is 16.5 Å². The lowest BCUT2D eigenvalue weighted by molar-refractivity contribution is -0.141. The van der Waals surface area contributed by atoms with Gasteiger partial charge in [-0.1, -0.05) is 0 Å². The van der Waals surface area contributed by atoms with Crippen LogP contribution in [0.1, 0.15) is 28.9 Å². The van der Waals surface area contributed by atoms with Crippen molar-refractivity contribution in [2.75, 3.05) is 5.32 Å². The molecule has 2 amide bonds. The Labute approximate surface area is 153 Å². The van der Waals surface area contributed by atoms with E-state index in [1.165, 1.54) is 23.9 Å². The molecule has 8 nitrogen and oxygen atoms in total. The standard InChI is InChI=1S/C15H17F3N6O2S/c1-8-12(9-4-3-5-10(9)20-13(8)15(16,17)18)21-14(25)23-27(19,26)11-6-7-24(2)22-11/h6-7H,3-5H2,1-2H3,(H3,19,20,21,23,25,26)/t27-/m0/s1. The average molecular weight is 402 g/mol. The quantitative estimate of drug-likeness (QED) is 0.803. The highest BCUT2D eigenvalue weighted by molar-refractivity contribution is 7.91. The first-order valence-electron chi connectivity index (χ1n) is 7.94. The van der Waals surface area contributed by atoms with Crippen LogP contribution in [0.25, 0.3) is 0 Å². The Morgan fingerprint density at radius 2 is 2.11 bits per heavy atom. The second-order valence-corrected chi connectivity index (χ2v) is 7.89. The normalized spacial score (nSPS) is 15.9. The van der Waals surface area contributed by atoms with Gasteiger partial charge in [0.1, 0.15) is 5.69 Å². The van der Waals surface area contributed by atoms with E-state index in [2.05, 4.69) is 19.8 Å². The molecule has 0 unspecified atom stereocenters. The number of pyridine rings is 1. The molecular formula is C15H17F3N6O2S. The van der Waals surface area contributed by atoms with Gasteiger partial charge in [0.25, 0.3) is 0 Å². The number of nitrogens with one attached hydrogen (secondary N) is 1. The monoisotopic (exact) mass is 402 g/mol. The van der Waals surface area contributed by atoms with Gasteiger partial charge >= 0.3 is 12.2 Å². The van der Waals surface area contributed by atoms with Crippen LogP contribution in [0, 0.1) is 6.92 Å². The van der Waals surface area contributed by atoms with Crippen LogP contribution in [-0.4, -0.2) is 25.0 Å². The molecule has 2 aromatic heterocycles. The van der Waals surface area contributed by atoms with Gasteiger partial charge < -0.3 is 5.32 Å². The number of amides is 2. The van der Waals surface area contributed by atoms with Crippen LogP contribution >= 0.6 is 0 Å². The third-order valence-electron chi connectivity index (χ3n) is 4.18. The van der Waals surface area contributed by atoms with Crippen molar-refractivity contribution >= 4 is 21.6 Å². The summed E-state index contributed by atoms with van der Waals surface area (Å²) in [6.07, 6.45) is -1.68. The Morgan fingerprint density at radius 3 is 2.70 bits per heavy atom. The molecule has 1 aliphatic rings. The van der Waals surface area contributed by atoms with Crippen LogP contribution in [-0.2, 0) is 36.0 Å². The fourth-order valence-corrected chi connectivity index (χ4v) is 3.87. The first-order valence-corrected chi connectivity index (χ1v) is 9.52. The Morgan fingerprint density at radius 1 is 1.41 bits per heavy atom. The van der Waals surface area contributed by atoms with Crippen LogP contribution < -0.4 is 10.5 Å². The fraction of sp³-hybridized carbons (Fsp3) is 0.400. The Hall–Kier alpha value is -2.47. The zero-order chi connectivity index (χ0) is 20.0. The van der Waals surface area contributed by atoms with E-state index in [1.54, 1.807) is 7.05 Å². The van der Waals surface area contributed by atoms with E-state index in [1.807, 2.05) is 0 Å². The van der Waals surface area contributed by atoms with E-state index >= 15 is 0 Å². The molecule has 0 saturated carbocycles. The van der Waals surface area contributed by atoms with Gasteiger partial charge in [-0.05, 0) is 37.8 Å². The third kappa shape index (κ3) is 3.81. The van der Waals surface area contributed by atoms with E-state index < -0.39 is 27.8 Å². The van der Waals surface area contributed by atoms with E-state index in [0.29, 0.717) is 30.5 Å². The summed E-state index contributed by atoms with van der Waals surface area (Å²) in [6, 6.07) is 0.237. The maximum Gasteiger partial charge on any atom is 0.433 e. The van der Waals surface area contributed by atoms with E-state index in [-0.39, 0.29) is 16.3 Å². The predicted octanol–water partition coefficient (Wildman–Crippen LogP) is 2.56. The van der Waals surface area contributed by atoms with Gasteiger partial charge in [0, 0.05) is 24.5 Å². The smallest absolute Gasteiger partial charge is 0.305 e. The van der Waals surface area contributed by atoms with Gasteiger partial charge in [-0.25, -0.2) is 19.1 Å². The van der Waals surface area contributed by atoms with Crippen molar-refractivity contribution in [3.63, 3.8) is 0 Å². The molecule has 27 heavy (non-hydrogen) atoms. The van der Waals surface area contributed by atoms with Gasteiger partial charge in [0.2, 0.25) is 0 Å². The molecule has 3 rings (SSSR count). The fourth-order valence-electron chi connectivity index (χ4n) is 2.98. The second kappa shape index (κ2) is 6.60. The van der Waals surface area contributed by atoms with E-state index in [9.17, 15) is 22.2 Å². The highest BCUT2D eigenvalue weighted by atomic mass is 32.2. The number of nitrogens with zero attached hydrogens (tertiary/aromatic N) is 4. The minimum absolute atomic E-state index is 0.00482. The Bertz CT molecular complexity index is 1040. The molecule has 146 valence electrons.